The monoisotopic (exact) mass is 246 g/mol. The molecule has 1 amide bonds. The van der Waals surface area contributed by atoms with Crippen molar-refractivity contribution < 1.29 is 4.79 Å². The third-order valence-electron chi connectivity index (χ3n) is 3.08. The first-order valence-electron chi connectivity index (χ1n) is 6.55. The lowest BCUT2D eigenvalue weighted by Gasteiger charge is -2.28. The van der Waals surface area contributed by atoms with Crippen LogP contribution in [-0.2, 0) is 11.2 Å². The molecule has 3 heteroatoms. The van der Waals surface area contributed by atoms with Crippen molar-refractivity contribution in [3.05, 3.63) is 29.8 Å². The highest BCUT2D eigenvalue weighted by molar-refractivity contribution is 5.77. The number of rotatable bonds is 2. The smallest absolute Gasteiger partial charge is 0.220 e. The van der Waals surface area contributed by atoms with Crippen LogP contribution in [0.25, 0.3) is 0 Å². The van der Waals surface area contributed by atoms with Crippen LogP contribution in [0.1, 0.15) is 32.8 Å². The van der Waals surface area contributed by atoms with Crippen LogP contribution in [0.2, 0.25) is 0 Å². The quantitative estimate of drug-likeness (QED) is 0.842. The molecular formula is C15H22N2O. The standard InChI is InChI=1S/C15H22N2O/c1-15(2,3)9-14(18)17-12-8-11-6-4-5-7-13(11)16-10-12/h4-7,12,16H,8-10H2,1-3H3,(H,17,18). The van der Waals surface area contributed by atoms with Gasteiger partial charge in [-0.05, 0) is 23.5 Å². The molecule has 2 N–H and O–H groups in total. The predicted octanol–water partition coefficient (Wildman–Crippen LogP) is 2.58. The number of hydrogen-bond donors (Lipinski definition) is 2. The van der Waals surface area contributed by atoms with Crippen molar-refractivity contribution in [3.8, 4) is 0 Å². The lowest BCUT2D eigenvalue weighted by molar-refractivity contribution is -0.123. The molecule has 0 fully saturated rings. The highest BCUT2D eigenvalue weighted by Gasteiger charge is 2.22. The number of carbonyl (C=O) groups is 1. The van der Waals surface area contributed by atoms with Crippen molar-refractivity contribution in [1.82, 2.24) is 5.32 Å². The molecule has 0 aliphatic carbocycles. The van der Waals surface area contributed by atoms with Crippen LogP contribution in [0.5, 0.6) is 0 Å². The molecule has 0 saturated carbocycles. The predicted molar refractivity (Wildman–Crippen MR) is 74.6 cm³/mol. The number of carbonyl (C=O) groups excluding carboxylic acids is 1. The van der Waals surface area contributed by atoms with Gasteiger partial charge in [0.1, 0.15) is 0 Å². The lowest BCUT2D eigenvalue weighted by atomic mass is 9.91. The van der Waals surface area contributed by atoms with E-state index < -0.39 is 0 Å². The molecule has 3 nitrogen and oxygen atoms in total. The summed E-state index contributed by atoms with van der Waals surface area (Å²) in [6, 6.07) is 8.48. The van der Waals surface area contributed by atoms with E-state index in [1.165, 1.54) is 11.3 Å². The summed E-state index contributed by atoms with van der Waals surface area (Å²) in [5.74, 6) is 0.147. The SMILES string of the molecule is CC(C)(C)CC(=O)NC1CNc2ccccc2C1. The lowest BCUT2D eigenvalue weighted by Crippen LogP contribution is -2.44. The maximum atomic E-state index is 11.9. The fraction of sp³-hybridized carbons (Fsp3) is 0.533. The summed E-state index contributed by atoms with van der Waals surface area (Å²) < 4.78 is 0. The first-order valence-corrected chi connectivity index (χ1v) is 6.55. The fourth-order valence-electron chi connectivity index (χ4n) is 2.30. The van der Waals surface area contributed by atoms with E-state index in [9.17, 15) is 4.79 Å². The maximum Gasteiger partial charge on any atom is 0.220 e. The van der Waals surface area contributed by atoms with Crippen LogP contribution >= 0.6 is 0 Å². The molecule has 1 unspecified atom stereocenters. The van der Waals surface area contributed by atoms with E-state index in [-0.39, 0.29) is 17.4 Å². The number of fused-ring (bicyclic) bond motifs is 1. The van der Waals surface area contributed by atoms with Crippen LogP contribution < -0.4 is 10.6 Å². The van der Waals surface area contributed by atoms with Crippen LogP contribution in [0, 0.1) is 5.41 Å². The number of hydrogen-bond acceptors (Lipinski definition) is 2. The molecule has 18 heavy (non-hydrogen) atoms. The molecule has 1 aromatic carbocycles. The second-order valence-electron chi connectivity index (χ2n) is 6.24. The molecule has 1 aromatic rings. The van der Waals surface area contributed by atoms with Gasteiger partial charge in [-0.3, -0.25) is 4.79 Å². The number of amides is 1. The molecule has 98 valence electrons. The molecule has 0 bridgehead atoms. The minimum atomic E-state index is 0.0457. The van der Waals surface area contributed by atoms with Crippen LogP contribution in [0.3, 0.4) is 0 Å². The van der Waals surface area contributed by atoms with Crippen LogP contribution in [-0.4, -0.2) is 18.5 Å². The van der Waals surface area contributed by atoms with E-state index >= 15 is 0 Å². The van der Waals surface area contributed by atoms with Gasteiger partial charge in [-0.2, -0.15) is 0 Å². The Morgan fingerprint density at radius 1 is 1.39 bits per heavy atom. The fourth-order valence-corrected chi connectivity index (χ4v) is 2.30. The van der Waals surface area contributed by atoms with Crippen molar-refractivity contribution >= 4 is 11.6 Å². The minimum Gasteiger partial charge on any atom is -0.383 e. The second-order valence-corrected chi connectivity index (χ2v) is 6.24. The number of para-hydroxylation sites is 1. The summed E-state index contributed by atoms with van der Waals surface area (Å²) in [6.45, 7) is 7.07. The number of benzene rings is 1. The van der Waals surface area contributed by atoms with Crippen molar-refractivity contribution in [2.75, 3.05) is 11.9 Å². The van der Waals surface area contributed by atoms with Gasteiger partial charge < -0.3 is 10.6 Å². The Labute approximate surface area is 109 Å². The largest absolute Gasteiger partial charge is 0.383 e. The summed E-state index contributed by atoms with van der Waals surface area (Å²) in [5.41, 5.74) is 2.52. The Hall–Kier alpha value is -1.51. The average Bonchev–Trinajstić information content (AvgIpc) is 2.26. The molecule has 0 radical (unpaired) electrons. The zero-order valence-electron chi connectivity index (χ0n) is 11.4. The maximum absolute atomic E-state index is 11.9. The molecular weight excluding hydrogens is 224 g/mol. The second kappa shape index (κ2) is 5.01. The third kappa shape index (κ3) is 3.49. The summed E-state index contributed by atoms with van der Waals surface area (Å²) in [5, 5.41) is 6.48. The molecule has 0 spiro atoms. The van der Waals surface area contributed by atoms with Gasteiger partial charge >= 0.3 is 0 Å². The summed E-state index contributed by atoms with van der Waals surface area (Å²) in [4.78, 5) is 11.9. The first kappa shape index (κ1) is 12.9. The van der Waals surface area contributed by atoms with Crippen molar-refractivity contribution in [2.24, 2.45) is 5.41 Å². The van der Waals surface area contributed by atoms with E-state index in [0.29, 0.717) is 6.42 Å². The van der Waals surface area contributed by atoms with E-state index in [4.69, 9.17) is 0 Å². The van der Waals surface area contributed by atoms with Gasteiger partial charge in [0, 0.05) is 18.7 Å². The number of anilines is 1. The first-order chi connectivity index (χ1) is 8.44. The molecule has 1 aliphatic heterocycles. The van der Waals surface area contributed by atoms with Gasteiger partial charge in [-0.25, -0.2) is 0 Å². The molecule has 1 atom stereocenters. The Kier molecular flexibility index (Phi) is 3.60. The van der Waals surface area contributed by atoms with Gasteiger partial charge in [0.25, 0.3) is 0 Å². The highest BCUT2D eigenvalue weighted by atomic mass is 16.1. The summed E-state index contributed by atoms with van der Waals surface area (Å²) in [7, 11) is 0. The van der Waals surface area contributed by atoms with E-state index in [1.807, 2.05) is 12.1 Å². The topological polar surface area (TPSA) is 41.1 Å². The van der Waals surface area contributed by atoms with E-state index in [2.05, 4.69) is 43.5 Å². The Bertz CT molecular complexity index is 434. The average molecular weight is 246 g/mol. The molecule has 0 saturated heterocycles. The Balaban J connectivity index is 1.92. The van der Waals surface area contributed by atoms with Gasteiger partial charge in [-0.1, -0.05) is 39.0 Å². The van der Waals surface area contributed by atoms with Crippen LogP contribution in [0.15, 0.2) is 24.3 Å². The van der Waals surface area contributed by atoms with Crippen LogP contribution in [0.4, 0.5) is 5.69 Å². The Morgan fingerprint density at radius 3 is 2.83 bits per heavy atom. The molecule has 1 heterocycles. The third-order valence-corrected chi connectivity index (χ3v) is 3.08. The zero-order valence-corrected chi connectivity index (χ0v) is 11.4. The van der Waals surface area contributed by atoms with Crippen molar-refractivity contribution in [1.29, 1.82) is 0 Å². The van der Waals surface area contributed by atoms with E-state index in [1.54, 1.807) is 0 Å². The molecule has 0 aromatic heterocycles. The van der Waals surface area contributed by atoms with Crippen molar-refractivity contribution in [3.63, 3.8) is 0 Å². The van der Waals surface area contributed by atoms with E-state index in [0.717, 1.165) is 13.0 Å². The van der Waals surface area contributed by atoms with Gasteiger partial charge in [-0.15, -0.1) is 0 Å². The van der Waals surface area contributed by atoms with Gasteiger partial charge in [0.2, 0.25) is 5.91 Å². The number of nitrogens with one attached hydrogen (secondary N) is 2. The molecule has 2 rings (SSSR count). The minimum absolute atomic E-state index is 0.0457. The normalized spacial score (nSPS) is 18.7. The summed E-state index contributed by atoms with van der Waals surface area (Å²) >= 11 is 0. The van der Waals surface area contributed by atoms with Crippen molar-refractivity contribution in [2.45, 2.75) is 39.7 Å². The molecule has 1 aliphatic rings. The highest BCUT2D eigenvalue weighted by Crippen LogP contribution is 2.22. The summed E-state index contributed by atoms with van der Waals surface area (Å²) in [6.07, 6.45) is 1.49. The van der Waals surface area contributed by atoms with Gasteiger partial charge in [0.15, 0.2) is 0 Å². The Morgan fingerprint density at radius 2 is 2.11 bits per heavy atom. The zero-order chi connectivity index (χ0) is 13.2. The van der Waals surface area contributed by atoms with Gasteiger partial charge in [0.05, 0.1) is 6.04 Å².